The van der Waals surface area contributed by atoms with Crippen molar-refractivity contribution in [2.75, 3.05) is 51.5 Å². The summed E-state index contributed by atoms with van der Waals surface area (Å²) in [5, 5.41) is 9.81. The van der Waals surface area contributed by atoms with Crippen molar-refractivity contribution in [2.45, 2.75) is 90.8 Å². The van der Waals surface area contributed by atoms with Crippen LogP contribution in [0.15, 0.2) is 6.07 Å². The van der Waals surface area contributed by atoms with E-state index in [1.54, 1.807) is 7.11 Å². The Hall–Kier alpha value is -2.49. The third-order valence-electron chi connectivity index (χ3n) is 9.84. The minimum Gasteiger partial charge on any atom is -0.467 e. The number of amides is 1. The molecule has 2 spiro atoms. The van der Waals surface area contributed by atoms with E-state index in [4.69, 9.17) is 30.9 Å². The average Bonchev–Trinajstić information content (AvgIpc) is 3.18. The highest BCUT2D eigenvalue weighted by molar-refractivity contribution is 6.34. The minimum atomic E-state index is -0.480. The molecule has 0 unspecified atom stereocenters. The highest BCUT2D eigenvalue weighted by Gasteiger charge is 2.56. The summed E-state index contributed by atoms with van der Waals surface area (Å²) in [6.45, 7) is 16.6. The Morgan fingerprint density at radius 2 is 1.88 bits per heavy atom. The Balaban J connectivity index is 1.35. The highest BCUT2D eigenvalue weighted by atomic mass is 35.5. The Morgan fingerprint density at radius 1 is 1.17 bits per heavy atom. The Labute approximate surface area is 254 Å². The molecule has 1 aromatic carbocycles. The lowest BCUT2D eigenvalue weighted by Crippen LogP contribution is -2.65. The molecule has 230 valence electrons. The van der Waals surface area contributed by atoms with Gasteiger partial charge < -0.3 is 29.3 Å². The van der Waals surface area contributed by atoms with Crippen LogP contribution in [0.3, 0.4) is 0 Å². The zero-order valence-corrected chi connectivity index (χ0v) is 27.0. The maximum atomic E-state index is 12.6. The van der Waals surface area contributed by atoms with Crippen LogP contribution in [0.5, 0.6) is 5.75 Å². The number of rotatable bonds is 6. The zero-order valence-electron chi connectivity index (χ0n) is 26.2. The summed E-state index contributed by atoms with van der Waals surface area (Å²) in [6.07, 6.45) is 5.37. The summed E-state index contributed by atoms with van der Waals surface area (Å²) >= 11 is 7.14. The Kier molecular flexibility index (Phi) is 7.46. The van der Waals surface area contributed by atoms with Gasteiger partial charge in [0.05, 0.1) is 16.6 Å². The van der Waals surface area contributed by atoms with Crippen LogP contribution in [0.25, 0.3) is 11.1 Å². The van der Waals surface area contributed by atoms with Crippen molar-refractivity contribution in [3.63, 3.8) is 0 Å². The first-order valence-electron chi connectivity index (χ1n) is 15.3. The number of carbonyl (C=O) groups is 1. The number of nitrogens with zero attached hydrogens (tertiary/aromatic N) is 4. The standard InChI is InChI=1S/C32H46ClN5O4/c1-20-13-24(41-19-40-7)21(2)25(27(20)33)26-22(3)38(35-28(26)37-12-11-34-16-32(37)9-8-10-32)23-14-31(15-23)17-36(18-31)29(39)42-30(4,5)6/h13,23,34H,8-12,14-19H2,1-7H3. The molecule has 1 amide bonds. The molecule has 2 saturated heterocycles. The molecule has 6 rings (SSSR count). The fraction of sp³-hybridized carbons (Fsp3) is 0.688. The smallest absolute Gasteiger partial charge is 0.410 e. The highest BCUT2D eigenvalue weighted by Crippen LogP contribution is 2.56. The summed E-state index contributed by atoms with van der Waals surface area (Å²) in [7, 11) is 1.63. The molecule has 2 aliphatic carbocycles. The van der Waals surface area contributed by atoms with Crippen molar-refractivity contribution >= 4 is 23.5 Å². The maximum absolute atomic E-state index is 12.6. The summed E-state index contributed by atoms with van der Waals surface area (Å²) in [4.78, 5) is 17.0. The van der Waals surface area contributed by atoms with Gasteiger partial charge in [-0.25, -0.2) is 4.79 Å². The van der Waals surface area contributed by atoms with E-state index in [2.05, 4.69) is 28.7 Å². The molecule has 3 heterocycles. The number of hydrogen-bond acceptors (Lipinski definition) is 7. The number of aryl methyl sites for hydroxylation is 1. The largest absolute Gasteiger partial charge is 0.467 e. The first-order valence-corrected chi connectivity index (χ1v) is 15.7. The summed E-state index contributed by atoms with van der Waals surface area (Å²) in [5.74, 6) is 1.82. The van der Waals surface area contributed by atoms with E-state index in [9.17, 15) is 4.79 Å². The van der Waals surface area contributed by atoms with Crippen molar-refractivity contribution in [1.82, 2.24) is 20.0 Å². The molecule has 0 bridgehead atoms. The van der Waals surface area contributed by atoms with Crippen LogP contribution < -0.4 is 15.0 Å². The van der Waals surface area contributed by atoms with E-state index < -0.39 is 5.60 Å². The van der Waals surface area contributed by atoms with Crippen molar-refractivity contribution in [2.24, 2.45) is 5.41 Å². The number of anilines is 1. The van der Waals surface area contributed by atoms with E-state index in [1.807, 2.05) is 38.7 Å². The molecule has 4 fully saturated rings. The molecule has 0 radical (unpaired) electrons. The van der Waals surface area contributed by atoms with Crippen LogP contribution in [0.2, 0.25) is 5.02 Å². The molecule has 10 heteroatoms. The van der Waals surface area contributed by atoms with Gasteiger partial charge in [-0.2, -0.15) is 5.10 Å². The second-order valence-corrected chi connectivity index (χ2v) is 14.5. The molecule has 1 N–H and O–H groups in total. The normalized spacial score (nSPS) is 21.2. The monoisotopic (exact) mass is 599 g/mol. The first kappa shape index (κ1) is 29.6. The van der Waals surface area contributed by atoms with Gasteiger partial charge in [0.2, 0.25) is 0 Å². The number of benzene rings is 1. The fourth-order valence-corrected chi connectivity index (χ4v) is 7.85. The molecule has 0 atom stereocenters. The van der Waals surface area contributed by atoms with E-state index in [-0.39, 0.29) is 29.9 Å². The van der Waals surface area contributed by atoms with Crippen molar-refractivity contribution < 1.29 is 19.0 Å². The third-order valence-corrected chi connectivity index (χ3v) is 10.3. The van der Waals surface area contributed by atoms with E-state index in [1.165, 1.54) is 19.3 Å². The predicted molar refractivity (Wildman–Crippen MR) is 165 cm³/mol. The van der Waals surface area contributed by atoms with Crippen LogP contribution in [-0.4, -0.2) is 78.5 Å². The second-order valence-electron chi connectivity index (χ2n) is 14.1. The quantitative estimate of drug-likeness (QED) is 0.407. The van der Waals surface area contributed by atoms with Crippen LogP contribution in [0, 0.1) is 26.2 Å². The predicted octanol–water partition coefficient (Wildman–Crippen LogP) is 6.02. The van der Waals surface area contributed by atoms with E-state index in [0.29, 0.717) is 0 Å². The summed E-state index contributed by atoms with van der Waals surface area (Å²) in [6, 6.07) is 2.28. The number of halogens is 1. The zero-order chi connectivity index (χ0) is 30.0. The first-order chi connectivity index (χ1) is 19.9. The lowest BCUT2D eigenvalue weighted by Gasteiger charge is -2.58. The van der Waals surface area contributed by atoms with Gasteiger partial charge in [0, 0.05) is 67.6 Å². The SMILES string of the molecule is COCOc1cc(C)c(Cl)c(-c2c(N3CCNCC34CCC4)nn(C3CC4(C3)CN(C(=O)OC(C)(C)C)C4)c2C)c1C. The van der Waals surface area contributed by atoms with E-state index in [0.717, 1.165) is 90.1 Å². The van der Waals surface area contributed by atoms with Crippen LogP contribution in [0.4, 0.5) is 10.6 Å². The maximum Gasteiger partial charge on any atom is 0.410 e. The second kappa shape index (κ2) is 10.6. The molecule has 42 heavy (non-hydrogen) atoms. The Bertz CT molecular complexity index is 1360. The van der Waals surface area contributed by atoms with Gasteiger partial charge in [-0.3, -0.25) is 4.68 Å². The minimum absolute atomic E-state index is 0.0982. The van der Waals surface area contributed by atoms with Gasteiger partial charge in [0.15, 0.2) is 12.6 Å². The number of likely N-dealkylation sites (tertiary alicyclic amines) is 1. The summed E-state index contributed by atoms with van der Waals surface area (Å²) in [5.41, 5.74) is 5.00. The number of aromatic nitrogens is 2. The van der Waals surface area contributed by atoms with Crippen LogP contribution >= 0.6 is 11.6 Å². The average molecular weight is 600 g/mol. The molecule has 9 nitrogen and oxygen atoms in total. The fourth-order valence-electron chi connectivity index (χ4n) is 7.56. The van der Waals surface area contributed by atoms with E-state index >= 15 is 0 Å². The van der Waals surface area contributed by atoms with Crippen molar-refractivity contribution in [3.8, 4) is 16.9 Å². The molecular formula is C32H46ClN5O4. The number of methoxy groups -OCH3 is 1. The molecule has 2 saturated carbocycles. The lowest BCUT2D eigenvalue weighted by atomic mass is 9.61. The number of carbonyl (C=O) groups excluding carboxylic acids is 1. The molecule has 4 aliphatic rings. The van der Waals surface area contributed by atoms with Gasteiger partial charge in [0.25, 0.3) is 0 Å². The van der Waals surface area contributed by atoms with Gasteiger partial charge in [0.1, 0.15) is 11.4 Å². The molecule has 2 aliphatic heterocycles. The van der Waals surface area contributed by atoms with Crippen molar-refractivity contribution in [1.29, 1.82) is 0 Å². The third kappa shape index (κ3) is 4.95. The van der Waals surface area contributed by atoms with Gasteiger partial charge >= 0.3 is 6.09 Å². The molecule has 2 aromatic rings. The lowest BCUT2D eigenvalue weighted by molar-refractivity contribution is -0.0930. The van der Waals surface area contributed by atoms with Gasteiger partial charge in [-0.15, -0.1) is 0 Å². The number of ether oxygens (including phenoxy) is 3. The van der Waals surface area contributed by atoms with Gasteiger partial charge in [-0.05, 0) is 85.3 Å². The Morgan fingerprint density at radius 3 is 2.50 bits per heavy atom. The number of piperazine rings is 1. The number of hydrogen-bond donors (Lipinski definition) is 1. The van der Waals surface area contributed by atoms with Crippen LogP contribution in [-0.2, 0) is 9.47 Å². The van der Waals surface area contributed by atoms with Crippen molar-refractivity contribution in [3.05, 3.63) is 27.9 Å². The topological polar surface area (TPSA) is 81.1 Å². The molecule has 1 aromatic heterocycles. The summed E-state index contributed by atoms with van der Waals surface area (Å²) < 4.78 is 19.1. The van der Waals surface area contributed by atoms with Gasteiger partial charge in [-0.1, -0.05) is 11.6 Å². The molecular weight excluding hydrogens is 554 g/mol. The number of nitrogens with one attached hydrogen (secondary N) is 1. The van der Waals surface area contributed by atoms with Crippen LogP contribution in [0.1, 0.15) is 75.7 Å².